The van der Waals surface area contributed by atoms with Crippen LogP contribution in [0.3, 0.4) is 0 Å². The predicted molar refractivity (Wildman–Crippen MR) is 104 cm³/mol. The maximum atomic E-state index is 5.85. The number of hydrogen-bond acceptors (Lipinski definition) is 7. The van der Waals surface area contributed by atoms with Gasteiger partial charge in [-0.05, 0) is 20.0 Å². The first-order chi connectivity index (χ1) is 13.1. The maximum absolute atomic E-state index is 5.85. The van der Waals surface area contributed by atoms with Crippen LogP contribution in [-0.2, 0) is 7.05 Å². The number of aryl methyl sites for hydroxylation is 2. The second-order valence-electron chi connectivity index (χ2n) is 7.04. The van der Waals surface area contributed by atoms with Crippen LogP contribution in [0, 0.1) is 6.92 Å². The molecule has 0 atom stereocenters. The second kappa shape index (κ2) is 7.58. The van der Waals surface area contributed by atoms with Crippen LogP contribution in [0.5, 0.6) is 5.88 Å². The van der Waals surface area contributed by atoms with Crippen LogP contribution in [0.4, 0.5) is 0 Å². The maximum Gasteiger partial charge on any atom is 0.232 e. The molecule has 0 radical (unpaired) electrons. The standard InChI is InChI=1S/C19H25N7O/c1-14-16-10-15(11-21-19(16)25(3)23-14)17-12-20-13-18(22-17)27-9-8-26-6-4-24(2)5-7-26/h10-13H,4-9H2,1-3H3. The van der Waals surface area contributed by atoms with E-state index >= 15 is 0 Å². The molecule has 4 heterocycles. The molecule has 27 heavy (non-hydrogen) atoms. The topological polar surface area (TPSA) is 72.2 Å². The summed E-state index contributed by atoms with van der Waals surface area (Å²) in [5.74, 6) is 0.546. The van der Waals surface area contributed by atoms with Gasteiger partial charge in [0.25, 0.3) is 0 Å². The molecule has 1 aliphatic heterocycles. The van der Waals surface area contributed by atoms with Crippen molar-refractivity contribution in [3.63, 3.8) is 0 Å². The van der Waals surface area contributed by atoms with Gasteiger partial charge in [-0.15, -0.1) is 0 Å². The highest BCUT2D eigenvalue weighted by atomic mass is 16.5. The predicted octanol–water partition coefficient (Wildman–Crippen LogP) is 1.36. The van der Waals surface area contributed by atoms with E-state index in [0.717, 1.165) is 60.7 Å². The summed E-state index contributed by atoms with van der Waals surface area (Å²) in [4.78, 5) is 18.2. The average molecular weight is 367 g/mol. The molecule has 0 amide bonds. The van der Waals surface area contributed by atoms with Crippen LogP contribution in [-0.4, -0.2) is 80.9 Å². The molecule has 1 aliphatic rings. The lowest BCUT2D eigenvalue weighted by Crippen LogP contribution is -2.45. The number of piperazine rings is 1. The van der Waals surface area contributed by atoms with Gasteiger partial charge < -0.3 is 9.64 Å². The van der Waals surface area contributed by atoms with E-state index in [9.17, 15) is 0 Å². The van der Waals surface area contributed by atoms with E-state index < -0.39 is 0 Å². The summed E-state index contributed by atoms with van der Waals surface area (Å²) in [5, 5.41) is 5.44. The molecule has 142 valence electrons. The van der Waals surface area contributed by atoms with Crippen LogP contribution in [0.15, 0.2) is 24.7 Å². The Balaban J connectivity index is 1.44. The zero-order chi connectivity index (χ0) is 18.8. The Kier molecular flexibility index (Phi) is 5.00. The Morgan fingerprint density at radius 1 is 1.07 bits per heavy atom. The zero-order valence-corrected chi connectivity index (χ0v) is 16.1. The van der Waals surface area contributed by atoms with E-state index in [1.165, 1.54) is 0 Å². The molecule has 3 aromatic rings. The summed E-state index contributed by atoms with van der Waals surface area (Å²) in [6.07, 6.45) is 5.21. The Bertz CT molecular complexity index is 931. The molecule has 0 aliphatic carbocycles. The summed E-state index contributed by atoms with van der Waals surface area (Å²) in [6.45, 7) is 7.89. The van der Waals surface area contributed by atoms with Gasteiger partial charge in [-0.1, -0.05) is 0 Å². The Labute approximate surface area is 158 Å². The zero-order valence-electron chi connectivity index (χ0n) is 16.1. The Morgan fingerprint density at radius 2 is 1.89 bits per heavy atom. The lowest BCUT2D eigenvalue weighted by Gasteiger charge is -2.32. The van der Waals surface area contributed by atoms with E-state index in [4.69, 9.17) is 4.74 Å². The van der Waals surface area contributed by atoms with Crippen molar-refractivity contribution in [1.82, 2.24) is 34.5 Å². The van der Waals surface area contributed by atoms with Gasteiger partial charge >= 0.3 is 0 Å². The highest BCUT2D eigenvalue weighted by molar-refractivity contribution is 5.82. The third-order valence-electron chi connectivity index (χ3n) is 5.02. The third-order valence-corrected chi connectivity index (χ3v) is 5.02. The van der Waals surface area contributed by atoms with Crippen molar-refractivity contribution in [1.29, 1.82) is 0 Å². The van der Waals surface area contributed by atoms with Crippen molar-refractivity contribution in [2.75, 3.05) is 46.4 Å². The molecule has 0 N–H and O–H groups in total. The lowest BCUT2D eigenvalue weighted by atomic mass is 10.1. The fourth-order valence-corrected chi connectivity index (χ4v) is 3.36. The molecule has 0 spiro atoms. The summed E-state index contributed by atoms with van der Waals surface area (Å²) >= 11 is 0. The molecule has 1 saturated heterocycles. The third kappa shape index (κ3) is 3.91. The van der Waals surface area contributed by atoms with Crippen molar-refractivity contribution in [2.45, 2.75) is 6.92 Å². The molecule has 8 heteroatoms. The first-order valence-corrected chi connectivity index (χ1v) is 9.25. The van der Waals surface area contributed by atoms with Gasteiger partial charge in [0.15, 0.2) is 5.65 Å². The van der Waals surface area contributed by atoms with Crippen molar-refractivity contribution in [3.8, 4) is 17.1 Å². The van der Waals surface area contributed by atoms with Gasteiger partial charge in [0, 0.05) is 56.9 Å². The smallest absolute Gasteiger partial charge is 0.232 e. The number of ether oxygens (including phenoxy) is 1. The summed E-state index contributed by atoms with van der Waals surface area (Å²) in [6, 6.07) is 2.06. The molecule has 0 unspecified atom stereocenters. The number of aromatic nitrogens is 5. The quantitative estimate of drug-likeness (QED) is 0.674. The molecule has 4 rings (SSSR count). The van der Waals surface area contributed by atoms with E-state index in [2.05, 4.69) is 43.0 Å². The minimum Gasteiger partial charge on any atom is -0.475 e. The number of pyridine rings is 1. The Morgan fingerprint density at radius 3 is 2.70 bits per heavy atom. The van der Waals surface area contributed by atoms with Gasteiger partial charge in [-0.25, -0.2) is 9.97 Å². The number of fused-ring (bicyclic) bond motifs is 1. The molecule has 3 aromatic heterocycles. The lowest BCUT2D eigenvalue weighted by molar-refractivity contribution is 0.132. The normalized spacial score (nSPS) is 16.1. The molecular formula is C19H25N7O. The monoisotopic (exact) mass is 367 g/mol. The fraction of sp³-hybridized carbons (Fsp3) is 0.474. The molecule has 1 fully saturated rings. The van der Waals surface area contributed by atoms with Crippen molar-refractivity contribution < 1.29 is 4.74 Å². The molecular weight excluding hydrogens is 342 g/mol. The highest BCUT2D eigenvalue weighted by Crippen LogP contribution is 2.23. The first kappa shape index (κ1) is 17.8. The van der Waals surface area contributed by atoms with Crippen molar-refractivity contribution in [2.24, 2.45) is 7.05 Å². The van der Waals surface area contributed by atoms with Gasteiger partial charge in [0.2, 0.25) is 5.88 Å². The fourth-order valence-electron chi connectivity index (χ4n) is 3.36. The second-order valence-corrected chi connectivity index (χ2v) is 7.04. The van der Waals surface area contributed by atoms with Crippen LogP contribution < -0.4 is 4.74 Å². The molecule has 8 nitrogen and oxygen atoms in total. The largest absolute Gasteiger partial charge is 0.475 e. The minimum atomic E-state index is 0.546. The molecule has 0 aromatic carbocycles. The summed E-state index contributed by atoms with van der Waals surface area (Å²) in [5.41, 5.74) is 3.48. The number of rotatable bonds is 5. The highest BCUT2D eigenvalue weighted by Gasteiger charge is 2.14. The van der Waals surface area contributed by atoms with E-state index in [1.807, 2.05) is 20.2 Å². The van der Waals surface area contributed by atoms with E-state index in [-0.39, 0.29) is 0 Å². The SMILES string of the molecule is Cc1nn(C)c2ncc(-c3cncc(OCCN4CCN(C)CC4)n3)cc12. The van der Waals surface area contributed by atoms with Crippen LogP contribution in [0.2, 0.25) is 0 Å². The van der Waals surface area contributed by atoms with Crippen molar-refractivity contribution in [3.05, 3.63) is 30.4 Å². The number of nitrogens with zero attached hydrogens (tertiary/aromatic N) is 7. The minimum absolute atomic E-state index is 0.546. The summed E-state index contributed by atoms with van der Waals surface area (Å²) < 4.78 is 7.64. The Hall–Kier alpha value is -2.58. The number of hydrogen-bond donors (Lipinski definition) is 0. The summed E-state index contributed by atoms with van der Waals surface area (Å²) in [7, 11) is 4.06. The van der Waals surface area contributed by atoms with Crippen LogP contribution in [0.1, 0.15) is 5.69 Å². The van der Waals surface area contributed by atoms with Crippen LogP contribution in [0.25, 0.3) is 22.3 Å². The molecule has 0 bridgehead atoms. The van der Waals surface area contributed by atoms with Gasteiger partial charge in [-0.2, -0.15) is 5.10 Å². The van der Waals surface area contributed by atoms with E-state index in [1.54, 1.807) is 17.1 Å². The van der Waals surface area contributed by atoms with Gasteiger partial charge in [-0.3, -0.25) is 14.6 Å². The van der Waals surface area contributed by atoms with E-state index in [0.29, 0.717) is 12.5 Å². The number of likely N-dealkylation sites (N-methyl/N-ethyl adjacent to an activating group) is 1. The average Bonchev–Trinajstić information content (AvgIpc) is 2.97. The molecule has 0 saturated carbocycles. The van der Waals surface area contributed by atoms with Crippen LogP contribution >= 0.6 is 0 Å². The van der Waals surface area contributed by atoms with Crippen molar-refractivity contribution >= 4 is 11.0 Å². The van der Waals surface area contributed by atoms with Gasteiger partial charge in [0.05, 0.1) is 23.8 Å². The first-order valence-electron chi connectivity index (χ1n) is 9.25. The van der Waals surface area contributed by atoms with Gasteiger partial charge in [0.1, 0.15) is 6.61 Å².